The predicted octanol–water partition coefficient (Wildman–Crippen LogP) is -0.229. The maximum absolute atomic E-state index is 11.2. The van der Waals surface area contributed by atoms with Crippen LogP contribution in [0.25, 0.3) is 0 Å². The van der Waals surface area contributed by atoms with E-state index in [1.807, 2.05) is 0 Å². The summed E-state index contributed by atoms with van der Waals surface area (Å²) in [4.78, 5) is 18.8. The summed E-state index contributed by atoms with van der Waals surface area (Å²) >= 11 is 0. The molecule has 0 spiro atoms. The molecule has 0 radical (unpaired) electrons. The summed E-state index contributed by atoms with van der Waals surface area (Å²) in [7, 11) is 1.46. The van der Waals surface area contributed by atoms with Crippen LogP contribution in [-0.2, 0) is 4.79 Å². The molecule has 14 heavy (non-hydrogen) atoms. The van der Waals surface area contributed by atoms with Gasteiger partial charge in [-0.1, -0.05) is 0 Å². The van der Waals surface area contributed by atoms with E-state index in [1.165, 1.54) is 19.6 Å². The van der Waals surface area contributed by atoms with Gasteiger partial charge in [-0.2, -0.15) is 4.98 Å². The SMILES string of the molecule is COc1ncncc1NC(=O)[C@H](C)N. The van der Waals surface area contributed by atoms with Gasteiger partial charge in [0.2, 0.25) is 11.8 Å². The van der Waals surface area contributed by atoms with E-state index < -0.39 is 6.04 Å². The zero-order valence-electron chi connectivity index (χ0n) is 8.02. The quantitative estimate of drug-likeness (QED) is 0.697. The van der Waals surface area contributed by atoms with Crippen molar-refractivity contribution in [1.82, 2.24) is 9.97 Å². The Morgan fingerprint density at radius 1 is 1.71 bits per heavy atom. The van der Waals surface area contributed by atoms with Crippen LogP contribution >= 0.6 is 0 Å². The van der Waals surface area contributed by atoms with Crippen molar-refractivity contribution in [2.24, 2.45) is 5.73 Å². The molecule has 6 heteroatoms. The number of amides is 1. The molecule has 0 aliphatic rings. The standard InChI is InChI=1S/C8H12N4O2/c1-5(9)7(13)12-6-3-10-4-11-8(6)14-2/h3-5H,9H2,1-2H3,(H,12,13)/t5-/m0/s1. The lowest BCUT2D eigenvalue weighted by atomic mass is 10.3. The van der Waals surface area contributed by atoms with Gasteiger partial charge < -0.3 is 15.8 Å². The molecule has 0 saturated heterocycles. The highest BCUT2D eigenvalue weighted by Gasteiger charge is 2.11. The van der Waals surface area contributed by atoms with Gasteiger partial charge in [-0.05, 0) is 6.92 Å². The number of anilines is 1. The third-order valence-electron chi connectivity index (χ3n) is 1.54. The second-order valence-corrected chi connectivity index (χ2v) is 2.72. The van der Waals surface area contributed by atoms with Gasteiger partial charge in [0.05, 0.1) is 19.3 Å². The summed E-state index contributed by atoms with van der Waals surface area (Å²) in [5, 5.41) is 2.55. The zero-order chi connectivity index (χ0) is 10.6. The Bertz CT molecular complexity index is 327. The first-order valence-electron chi connectivity index (χ1n) is 4.05. The van der Waals surface area contributed by atoms with E-state index in [0.717, 1.165) is 0 Å². The molecule has 1 aromatic heterocycles. The minimum absolute atomic E-state index is 0.307. The molecule has 1 aromatic rings. The first-order chi connectivity index (χ1) is 6.65. The smallest absolute Gasteiger partial charge is 0.241 e. The molecule has 0 saturated carbocycles. The van der Waals surface area contributed by atoms with Crippen molar-refractivity contribution < 1.29 is 9.53 Å². The summed E-state index contributed by atoms with van der Waals surface area (Å²) in [6, 6.07) is -0.583. The fourth-order valence-electron chi connectivity index (χ4n) is 0.813. The monoisotopic (exact) mass is 196 g/mol. The van der Waals surface area contributed by atoms with Crippen LogP contribution in [0.1, 0.15) is 6.92 Å². The molecular formula is C8H12N4O2. The third-order valence-corrected chi connectivity index (χ3v) is 1.54. The molecule has 0 fully saturated rings. The van der Waals surface area contributed by atoms with Crippen LogP contribution in [0.3, 0.4) is 0 Å². The van der Waals surface area contributed by atoms with Gasteiger partial charge in [-0.15, -0.1) is 0 Å². The Morgan fingerprint density at radius 2 is 2.43 bits per heavy atom. The molecule has 0 aromatic carbocycles. The van der Waals surface area contributed by atoms with E-state index in [1.54, 1.807) is 6.92 Å². The fourth-order valence-corrected chi connectivity index (χ4v) is 0.813. The number of nitrogens with zero attached hydrogens (tertiary/aromatic N) is 2. The van der Waals surface area contributed by atoms with Gasteiger partial charge in [-0.3, -0.25) is 4.79 Å². The van der Waals surface area contributed by atoms with Crippen molar-refractivity contribution in [3.63, 3.8) is 0 Å². The van der Waals surface area contributed by atoms with Crippen LogP contribution < -0.4 is 15.8 Å². The van der Waals surface area contributed by atoms with Crippen molar-refractivity contribution >= 4 is 11.6 Å². The minimum atomic E-state index is -0.583. The number of ether oxygens (including phenoxy) is 1. The van der Waals surface area contributed by atoms with Crippen LogP contribution in [0.2, 0.25) is 0 Å². The lowest BCUT2D eigenvalue weighted by Gasteiger charge is -2.09. The van der Waals surface area contributed by atoms with Gasteiger partial charge in [-0.25, -0.2) is 4.98 Å². The number of carbonyl (C=O) groups excluding carboxylic acids is 1. The van der Waals surface area contributed by atoms with Crippen molar-refractivity contribution in [3.8, 4) is 5.88 Å². The number of nitrogens with two attached hydrogens (primary N) is 1. The Hall–Kier alpha value is -1.69. The lowest BCUT2D eigenvalue weighted by molar-refractivity contribution is -0.117. The number of carbonyl (C=O) groups is 1. The molecule has 1 amide bonds. The molecule has 1 atom stereocenters. The molecule has 1 rings (SSSR count). The zero-order valence-corrected chi connectivity index (χ0v) is 8.02. The number of aromatic nitrogens is 2. The first-order valence-corrected chi connectivity index (χ1v) is 4.05. The average Bonchev–Trinajstić information content (AvgIpc) is 2.18. The van der Waals surface area contributed by atoms with Crippen molar-refractivity contribution in [3.05, 3.63) is 12.5 Å². The number of nitrogens with one attached hydrogen (secondary N) is 1. The fraction of sp³-hybridized carbons (Fsp3) is 0.375. The molecule has 0 aliphatic heterocycles. The van der Waals surface area contributed by atoms with E-state index in [9.17, 15) is 4.79 Å². The topological polar surface area (TPSA) is 90.1 Å². The van der Waals surface area contributed by atoms with E-state index in [4.69, 9.17) is 10.5 Å². The van der Waals surface area contributed by atoms with Crippen LogP contribution in [0.15, 0.2) is 12.5 Å². The lowest BCUT2D eigenvalue weighted by Crippen LogP contribution is -2.32. The molecule has 3 N–H and O–H groups in total. The van der Waals surface area contributed by atoms with Crippen molar-refractivity contribution in [2.45, 2.75) is 13.0 Å². The van der Waals surface area contributed by atoms with E-state index in [2.05, 4.69) is 15.3 Å². The van der Waals surface area contributed by atoms with Crippen molar-refractivity contribution in [2.75, 3.05) is 12.4 Å². The van der Waals surface area contributed by atoms with Gasteiger partial charge in [0.15, 0.2) is 0 Å². The van der Waals surface area contributed by atoms with E-state index >= 15 is 0 Å². The van der Waals surface area contributed by atoms with Crippen LogP contribution in [-0.4, -0.2) is 29.0 Å². The van der Waals surface area contributed by atoms with E-state index in [0.29, 0.717) is 11.6 Å². The van der Waals surface area contributed by atoms with Crippen molar-refractivity contribution in [1.29, 1.82) is 0 Å². The summed E-state index contributed by atoms with van der Waals surface area (Å²) in [5.74, 6) is 0.00657. The number of hydrogen-bond donors (Lipinski definition) is 2. The summed E-state index contributed by atoms with van der Waals surface area (Å²) < 4.78 is 4.92. The third kappa shape index (κ3) is 2.40. The molecule has 76 valence electrons. The minimum Gasteiger partial charge on any atom is -0.479 e. The van der Waals surface area contributed by atoms with Gasteiger partial charge in [0, 0.05) is 0 Å². The van der Waals surface area contributed by atoms with E-state index in [-0.39, 0.29) is 5.91 Å². The second-order valence-electron chi connectivity index (χ2n) is 2.72. The molecule has 0 aliphatic carbocycles. The molecule has 0 unspecified atom stereocenters. The summed E-state index contributed by atoms with van der Waals surface area (Å²) in [6.45, 7) is 1.59. The van der Waals surface area contributed by atoms with Crippen LogP contribution in [0, 0.1) is 0 Å². The Morgan fingerprint density at radius 3 is 3.00 bits per heavy atom. The molecule has 1 heterocycles. The summed E-state index contributed by atoms with van der Waals surface area (Å²) in [5.41, 5.74) is 5.80. The maximum atomic E-state index is 11.2. The number of methoxy groups -OCH3 is 1. The number of hydrogen-bond acceptors (Lipinski definition) is 5. The Balaban J connectivity index is 2.80. The van der Waals surface area contributed by atoms with Gasteiger partial charge >= 0.3 is 0 Å². The average molecular weight is 196 g/mol. The highest BCUT2D eigenvalue weighted by molar-refractivity contribution is 5.95. The van der Waals surface area contributed by atoms with Gasteiger partial charge in [0.25, 0.3) is 0 Å². The normalized spacial score (nSPS) is 11.9. The van der Waals surface area contributed by atoms with Gasteiger partial charge in [0.1, 0.15) is 12.0 Å². The second kappa shape index (κ2) is 4.52. The Labute approximate surface area is 81.5 Å². The van der Waals surface area contributed by atoms with Crippen LogP contribution in [0.4, 0.5) is 5.69 Å². The predicted molar refractivity (Wildman–Crippen MR) is 50.9 cm³/mol. The highest BCUT2D eigenvalue weighted by atomic mass is 16.5. The maximum Gasteiger partial charge on any atom is 0.241 e. The summed E-state index contributed by atoms with van der Waals surface area (Å²) in [6.07, 6.45) is 2.78. The number of rotatable bonds is 3. The van der Waals surface area contributed by atoms with Crippen LogP contribution in [0.5, 0.6) is 5.88 Å². The largest absolute Gasteiger partial charge is 0.479 e. The Kier molecular flexibility index (Phi) is 3.35. The molecule has 0 bridgehead atoms. The molecular weight excluding hydrogens is 184 g/mol. The highest BCUT2D eigenvalue weighted by Crippen LogP contribution is 2.18. The molecule has 6 nitrogen and oxygen atoms in total. The first kappa shape index (κ1) is 10.4.